The van der Waals surface area contributed by atoms with Gasteiger partial charge in [0, 0.05) is 42.8 Å². The topological polar surface area (TPSA) is 35.6 Å². The number of halogens is 1. The van der Waals surface area contributed by atoms with Gasteiger partial charge in [0.15, 0.2) is 5.11 Å². The first kappa shape index (κ1) is 17.5. The molecule has 1 aromatic rings. The van der Waals surface area contributed by atoms with E-state index in [1.165, 1.54) is 19.3 Å². The number of nitrogens with one attached hydrogen (secondary N) is 1. The molecule has 1 heterocycles. The molecule has 0 unspecified atom stereocenters. The van der Waals surface area contributed by atoms with E-state index in [0.717, 1.165) is 44.7 Å². The number of anilines is 1. The Labute approximate surface area is 154 Å². The average Bonchev–Trinajstić information content (AvgIpc) is 2.62. The van der Waals surface area contributed by atoms with E-state index in [4.69, 9.17) is 23.8 Å². The van der Waals surface area contributed by atoms with Gasteiger partial charge in [-0.25, -0.2) is 0 Å². The Balaban J connectivity index is 1.49. The van der Waals surface area contributed by atoms with Gasteiger partial charge in [-0.15, -0.1) is 0 Å². The van der Waals surface area contributed by atoms with Crippen molar-refractivity contribution in [3.8, 4) is 0 Å². The van der Waals surface area contributed by atoms with Gasteiger partial charge in [0.1, 0.15) is 0 Å². The number of carbonyl (C=O) groups excluding carboxylic acids is 1. The Kier molecular flexibility index (Phi) is 5.95. The third-order valence-corrected chi connectivity index (χ3v) is 5.50. The van der Waals surface area contributed by atoms with Crippen LogP contribution in [0.15, 0.2) is 24.3 Å². The number of nitrogens with zero attached hydrogens (tertiary/aromatic N) is 2. The maximum absolute atomic E-state index is 12.6. The van der Waals surface area contributed by atoms with Gasteiger partial charge in [-0.1, -0.05) is 36.9 Å². The number of amides is 1. The summed E-state index contributed by atoms with van der Waals surface area (Å²) >= 11 is 11.5. The highest BCUT2D eigenvalue weighted by Crippen LogP contribution is 2.26. The second kappa shape index (κ2) is 8.17. The Morgan fingerprint density at radius 3 is 2.42 bits per heavy atom. The standard InChI is InChI=1S/C18H24ClN3OS/c19-15-7-4-8-16(13-15)20-18(24)22-11-9-21(10-12-22)17(23)14-5-2-1-3-6-14/h4,7-8,13-14H,1-3,5-6,9-12H2,(H,20,24). The molecule has 1 saturated carbocycles. The number of piperazine rings is 1. The summed E-state index contributed by atoms with van der Waals surface area (Å²) < 4.78 is 0. The van der Waals surface area contributed by atoms with Crippen molar-refractivity contribution in [3.05, 3.63) is 29.3 Å². The fourth-order valence-electron chi connectivity index (χ4n) is 3.51. The van der Waals surface area contributed by atoms with Crippen molar-refractivity contribution in [2.75, 3.05) is 31.5 Å². The lowest BCUT2D eigenvalue weighted by molar-refractivity contribution is -0.137. The van der Waals surface area contributed by atoms with E-state index < -0.39 is 0 Å². The maximum Gasteiger partial charge on any atom is 0.225 e. The van der Waals surface area contributed by atoms with Gasteiger partial charge in [0.25, 0.3) is 0 Å². The molecule has 2 aliphatic rings. The first-order chi connectivity index (χ1) is 11.6. The quantitative estimate of drug-likeness (QED) is 0.809. The van der Waals surface area contributed by atoms with Crippen molar-refractivity contribution < 1.29 is 4.79 Å². The van der Waals surface area contributed by atoms with Gasteiger partial charge in [-0.3, -0.25) is 4.79 Å². The van der Waals surface area contributed by atoms with Crippen LogP contribution in [0.5, 0.6) is 0 Å². The minimum atomic E-state index is 0.252. The Hall–Kier alpha value is -1.33. The van der Waals surface area contributed by atoms with E-state index in [2.05, 4.69) is 10.2 Å². The summed E-state index contributed by atoms with van der Waals surface area (Å²) in [7, 11) is 0. The zero-order valence-corrected chi connectivity index (χ0v) is 15.4. The number of rotatable bonds is 2. The van der Waals surface area contributed by atoms with E-state index in [0.29, 0.717) is 16.0 Å². The fourth-order valence-corrected chi connectivity index (χ4v) is 4.00. The van der Waals surface area contributed by atoms with Crippen LogP contribution in [-0.4, -0.2) is 47.0 Å². The van der Waals surface area contributed by atoms with Crippen LogP contribution in [0.1, 0.15) is 32.1 Å². The zero-order valence-electron chi connectivity index (χ0n) is 13.8. The molecule has 130 valence electrons. The normalized spacial score (nSPS) is 19.2. The maximum atomic E-state index is 12.6. The van der Waals surface area contributed by atoms with Crippen molar-refractivity contribution in [3.63, 3.8) is 0 Å². The predicted molar refractivity (Wildman–Crippen MR) is 102 cm³/mol. The Bertz CT molecular complexity index is 596. The third kappa shape index (κ3) is 4.39. The summed E-state index contributed by atoms with van der Waals surface area (Å²) in [5.74, 6) is 0.602. The monoisotopic (exact) mass is 365 g/mol. The van der Waals surface area contributed by atoms with Crippen molar-refractivity contribution >= 4 is 40.5 Å². The highest BCUT2D eigenvalue weighted by atomic mass is 35.5. The molecule has 1 aromatic carbocycles. The highest BCUT2D eigenvalue weighted by molar-refractivity contribution is 7.80. The first-order valence-electron chi connectivity index (χ1n) is 8.74. The molecule has 3 rings (SSSR count). The van der Waals surface area contributed by atoms with Crippen molar-refractivity contribution in [2.24, 2.45) is 5.92 Å². The summed E-state index contributed by atoms with van der Waals surface area (Å²) in [5.41, 5.74) is 0.896. The lowest BCUT2D eigenvalue weighted by atomic mass is 9.88. The van der Waals surface area contributed by atoms with Gasteiger partial charge < -0.3 is 15.1 Å². The molecule has 0 radical (unpaired) electrons. The molecule has 0 spiro atoms. The Morgan fingerprint density at radius 1 is 1.08 bits per heavy atom. The molecular formula is C18H24ClN3OS. The lowest BCUT2D eigenvalue weighted by Gasteiger charge is -2.38. The van der Waals surface area contributed by atoms with Crippen LogP contribution in [-0.2, 0) is 4.79 Å². The second-order valence-corrected chi connectivity index (χ2v) is 7.41. The van der Waals surface area contributed by atoms with Crippen LogP contribution in [0.25, 0.3) is 0 Å². The highest BCUT2D eigenvalue weighted by Gasteiger charge is 2.28. The van der Waals surface area contributed by atoms with E-state index in [-0.39, 0.29) is 5.92 Å². The van der Waals surface area contributed by atoms with Gasteiger partial charge in [-0.05, 0) is 43.3 Å². The molecule has 1 aliphatic carbocycles. The molecule has 2 fully saturated rings. The molecule has 24 heavy (non-hydrogen) atoms. The van der Waals surface area contributed by atoms with Gasteiger partial charge in [0.05, 0.1) is 0 Å². The number of hydrogen-bond acceptors (Lipinski definition) is 2. The number of hydrogen-bond donors (Lipinski definition) is 1. The largest absolute Gasteiger partial charge is 0.345 e. The predicted octanol–water partition coefficient (Wildman–Crippen LogP) is 3.76. The number of carbonyl (C=O) groups is 1. The van der Waals surface area contributed by atoms with Crippen molar-refractivity contribution in [1.82, 2.24) is 9.80 Å². The summed E-state index contributed by atoms with van der Waals surface area (Å²) in [5, 5.41) is 4.61. The van der Waals surface area contributed by atoms with E-state index in [9.17, 15) is 4.79 Å². The zero-order chi connectivity index (χ0) is 16.9. The molecule has 6 heteroatoms. The summed E-state index contributed by atoms with van der Waals surface area (Å²) in [4.78, 5) is 16.8. The molecule has 1 saturated heterocycles. The Morgan fingerprint density at radius 2 is 1.75 bits per heavy atom. The molecule has 0 atom stereocenters. The van der Waals surface area contributed by atoms with Crippen LogP contribution in [0.4, 0.5) is 5.69 Å². The lowest BCUT2D eigenvalue weighted by Crippen LogP contribution is -2.53. The van der Waals surface area contributed by atoms with E-state index in [1.54, 1.807) is 0 Å². The molecule has 4 nitrogen and oxygen atoms in total. The molecule has 1 amide bonds. The smallest absolute Gasteiger partial charge is 0.225 e. The summed E-state index contributed by atoms with van der Waals surface area (Å²) in [6.45, 7) is 3.08. The van der Waals surface area contributed by atoms with Crippen LogP contribution in [0, 0.1) is 5.92 Å². The van der Waals surface area contributed by atoms with Crippen LogP contribution in [0.2, 0.25) is 5.02 Å². The summed E-state index contributed by atoms with van der Waals surface area (Å²) in [6, 6.07) is 7.54. The first-order valence-corrected chi connectivity index (χ1v) is 9.52. The minimum absolute atomic E-state index is 0.252. The van der Waals surface area contributed by atoms with Crippen molar-refractivity contribution in [1.29, 1.82) is 0 Å². The molecule has 0 aromatic heterocycles. The molecular weight excluding hydrogens is 342 g/mol. The van der Waals surface area contributed by atoms with Crippen LogP contribution >= 0.6 is 23.8 Å². The SMILES string of the molecule is O=C(C1CCCCC1)N1CCN(C(=S)Nc2cccc(Cl)c2)CC1. The second-order valence-electron chi connectivity index (χ2n) is 6.59. The van der Waals surface area contributed by atoms with Gasteiger partial charge in [0.2, 0.25) is 5.91 Å². The number of benzene rings is 1. The number of thiocarbonyl (C=S) groups is 1. The van der Waals surface area contributed by atoms with Gasteiger partial charge in [-0.2, -0.15) is 0 Å². The minimum Gasteiger partial charge on any atom is -0.345 e. The fraction of sp³-hybridized carbons (Fsp3) is 0.556. The summed E-state index contributed by atoms with van der Waals surface area (Å²) in [6.07, 6.45) is 5.80. The molecule has 1 N–H and O–H groups in total. The molecule has 0 bridgehead atoms. The van der Waals surface area contributed by atoms with Gasteiger partial charge >= 0.3 is 0 Å². The van der Waals surface area contributed by atoms with Crippen LogP contribution < -0.4 is 5.32 Å². The molecule has 1 aliphatic heterocycles. The van der Waals surface area contributed by atoms with Crippen LogP contribution in [0.3, 0.4) is 0 Å². The van der Waals surface area contributed by atoms with E-state index >= 15 is 0 Å². The average molecular weight is 366 g/mol. The van der Waals surface area contributed by atoms with E-state index in [1.807, 2.05) is 29.2 Å². The van der Waals surface area contributed by atoms with Crippen molar-refractivity contribution in [2.45, 2.75) is 32.1 Å². The third-order valence-electron chi connectivity index (χ3n) is 4.91.